The number of nitrogens with zero attached hydrogens (tertiary/aromatic N) is 2. The summed E-state index contributed by atoms with van der Waals surface area (Å²) in [5.41, 5.74) is 2.30. The minimum atomic E-state index is 0.603. The van der Waals surface area contributed by atoms with Gasteiger partial charge in [-0.15, -0.1) is 0 Å². The molecule has 4 rings (SSSR count). The fourth-order valence-electron chi connectivity index (χ4n) is 3.78. The fraction of sp³-hybridized carbons (Fsp3) is 0.471. The molecule has 104 valence electrons. The molecule has 0 spiro atoms. The highest BCUT2D eigenvalue weighted by atomic mass is 15.4. The number of anilines is 1. The third-order valence-corrected chi connectivity index (χ3v) is 4.81. The van der Waals surface area contributed by atoms with Gasteiger partial charge in [0.05, 0.1) is 11.7 Å². The van der Waals surface area contributed by atoms with Crippen LogP contribution in [-0.2, 0) is 0 Å². The van der Waals surface area contributed by atoms with Crippen molar-refractivity contribution in [2.45, 2.75) is 38.1 Å². The minimum Gasteiger partial charge on any atom is -0.370 e. The topological polar surface area (TPSA) is 29.9 Å². The molecule has 0 amide bonds. The molecule has 2 aromatic rings. The Balaban J connectivity index is 1.70. The molecule has 1 fully saturated rings. The Morgan fingerprint density at radius 2 is 1.85 bits per heavy atom. The van der Waals surface area contributed by atoms with Gasteiger partial charge >= 0.3 is 0 Å². The van der Waals surface area contributed by atoms with Crippen LogP contribution in [0.25, 0.3) is 11.3 Å². The summed E-state index contributed by atoms with van der Waals surface area (Å²) in [5, 5.41) is 8.41. The molecular weight excluding hydrogens is 246 g/mol. The summed E-state index contributed by atoms with van der Waals surface area (Å²) in [6.45, 7) is 1.08. The molecule has 1 unspecified atom stereocenters. The van der Waals surface area contributed by atoms with E-state index < -0.39 is 0 Å². The quantitative estimate of drug-likeness (QED) is 0.888. The summed E-state index contributed by atoms with van der Waals surface area (Å²) in [7, 11) is 0. The second-order valence-electron chi connectivity index (χ2n) is 6.05. The first-order valence-electron chi connectivity index (χ1n) is 7.81. The molecule has 1 atom stereocenters. The molecule has 1 aliphatic carbocycles. The summed E-state index contributed by atoms with van der Waals surface area (Å²) >= 11 is 0. The fourth-order valence-corrected chi connectivity index (χ4v) is 3.78. The van der Waals surface area contributed by atoms with Gasteiger partial charge in [-0.1, -0.05) is 43.2 Å². The Kier molecular flexibility index (Phi) is 2.98. The van der Waals surface area contributed by atoms with Crippen LogP contribution in [0.2, 0.25) is 0 Å². The smallest absolute Gasteiger partial charge is 0.125 e. The predicted octanol–water partition coefficient (Wildman–Crippen LogP) is 4.10. The standard InChI is InChI=1S/C17H21N3/c1-2-6-13(7-3-1)15-12-17-18-11-10-16(20(17)19-15)14-8-4-5-9-14/h1-3,6-7,12,14,16,18H,4-5,8-11H2. The predicted molar refractivity (Wildman–Crippen MR) is 81.8 cm³/mol. The summed E-state index contributed by atoms with van der Waals surface area (Å²) in [6, 6.07) is 13.3. The molecule has 1 aromatic carbocycles. The van der Waals surface area contributed by atoms with Crippen molar-refractivity contribution in [2.75, 3.05) is 11.9 Å². The minimum absolute atomic E-state index is 0.603. The highest BCUT2D eigenvalue weighted by molar-refractivity contribution is 5.63. The third kappa shape index (κ3) is 2.01. The first kappa shape index (κ1) is 12.0. The molecule has 3 nitrogen and oxygen atoms in total. The van der Waals surface area contributed by atoms with Crippen LogP contribution in [0, 0.1) is 5.92 Å². The zero-order valence-corrected chi connectivity index (χ0v) is 11.8. The summed E-state index contributed by atoms with van der Waals surface area (Å²) in [6.07, 6.45) is 6.77. The van der Waals surface area contributed by atoms with Gasteiger partial charge in [0.25, 0.3) is 0 Å². The number of hydrogen-bond donors (Lipinski definition) is 1. The van der Waals surface area contributed by atoms with Crippen LogP contribution in [0.1, 0.15) is 38.1 Å². The maximum Gasteiger partial charge on any atom is 0.125 e. The Morgan fingerprint density at radius 3 is 2.65 bits per heavy atom. The lowest BCUT2D eigenvalue weighted by molar-refractivity contribution is 0.290. The van der Waals surface area contributed by atoms with E-state index >= 15 is 0 Å². The Bertz CT molecular complexity index is 582. The Hall–Kier alpha value is -1.77. The first-order chi connectivity index (χ1) is 9.92. The van der Waals surface area contributed by atoms with Crippen LogP contribution >= 0.6 is 0 Å². The maximum atomic E-state index is 4.90. The second kappa shape index (κ2) is 4.97. The van der Waals surface area contributed by atoms with Crippen molar-refractivity contribution in [3.63, 3.8) is 0 Å². The second-order valence-corrected chi connectivity index (χ2v) is 6.05. The van der Waals surface area contributed by atoms with E-state index in [2.05, 4.69) is 46.4 Å². The summed E-state index contributed by atoms with van der Waals surface area (Å²) < 4.78 is 2.27. The van der Waals surface area contributed by atoms with Crippen LogP contribution in [0.15, 0.2) is 36.4 Å². The molecule has 0 saturated heterocycles. The van der Waals surface area contributed by atoms with Crippen molar-refractivity contribution in [3.05, 3.63) is 36.4 Å². The van der Waals surface area contributed by atoms with E-state index in [1.165, 1.54) is 43.5 Å². The highest BCUT2D eigenvalue weighted by Gasteiger charge is 2.30. The highest BCUT2D eigenvalue weighted by Crippen LogP contribution is 2.40. The van der Waals surface area contributed by atoms with Gasteiger partial charge in [0.2, 0.25) is 0 Å². The Morgan fingerprint density at radius 1 is 1.05 bits per heavy atom. The van der Waals surface area contributed by atoms with Crippen LogP contribution in [-0.4, -0.2) is 16.3 Å². The van der Waals surface area contributed by atoms with Gasteiger partial charge in [-0.05, 0) is 25.2 Å². The molecule has 1 saturated carbocycles. The molecule has 2 heterocycles. The van der Waals surface area contributed by atoms with Gasteiger partial charge in [0, 0.05) is 18.2 Å². The Labute approximate surface area is 120 Å². The summed E-state index contributed by atoms with van der Waals surface area (Å²) in [4.78, 5) is 0. The van der Waals surface area contributed by atoms with Gasteiger partial charge in [-0.25, -0.2) is 4.68 Å². The van der Waals surface area contributed by atoms with Crippen molar-refractivity contribution in [2.24, 2.45) is 5.92 Å². The van der Waals surface area contributed by atoms with Gasteiger partial charge < -0.3 is 5.32 Å². The number of rotatable bonds is 2. The number of nitrogens with one attached hydrogen (secondary N) is 1. The average molecular weight is 267 g/mol. The van der Waals surface area contributed by atoms with Gasteiger partial charge in [0.1, 0.15) is 5.82 Å². The van der Waals surface area contributed by atoms with Crippen molar-refractivity contribution < 1.29 is 0 Å². The number of benzene rings is 1. The third-order valence-electron chi connectivity index (χ3n) is 4.81. The van der Waals surface area contributed by atoms with E-state index in [0.717, 1.165) is 18.2 Å². The van der Waals surface area contributed by atoms with E-state index in [0.29, 0.717) is 6.04 Å². The van der Waals surface area contributed by atoms with Gasteiger partial charge in [-0.2, -0.15) is 5.10 Å². The van der Waals surface area contributed by atoms with E-state index in [9.17, 15) is 0 Å². The molecule has 2 aliphatic rings. The lowest BCUT2D eigenvalue weighted by atomic mass is 9.94. The van der Waals surface area contributed by atoms with E-state index in [1.54, 1.807) is 0 Å². The van der Waals surface area contributed by atoms with Gasteiger partial charge in [-0.3, -0.25) is 0 Å². The van der Waals surface area contributed by atoms with Crippen LogP contribution in [0.4, 0.5) is 5.82 Å². The lowest BCUT2D eigenvalue weighted by Crippen LogP contribution is -2.28. The maximum absolute atomic E-state index is 4.90. The van der Waals surface area contributed by atoms with Crippen LogP contribution < -0.4 is 5.32 Å². The monoisotopic (exact) mass is 267 g/mol. The van der Waals surface area contributed by atoms with Crippen molar-refractivity contribution in [3.8, 4) is 11.3 Å². The molecule has 1 aliphatic heterocycles. The largest absolute Gasteiger partial charge is 0.370 e. The number of hydrogen-bond acceptors (Lipinski definition) is 2. The molecule has 3 heteroatoms. The first-order valence-corrected chi connectivity index (χ1v) is 7.81. The van der Waals surface area contributed by atoms with Crippen molar-refractivity contribution in [1.82, 2.24) is 9.78 Å². The molecule has 1 N–H and O–H groups in total. The molecular formula is C17H21N3. The zero-order valence-electron chi connectivity index (χ0n) is 11.8. The molecule has 0 radical (unpaired) electrons. The summed E-state index contributed by atoms with van der Waals surface area (Å²) in [5.74, 6) is 2.03. The molecule has 1 aromatic heterocycles. The average Bonchev–Trinajstić information content (AvgIpc) is 3.17. The molecule has 0 bridgehead atoms. The lowest BCUT2D eigenvalue weighted by Gasteiger charge is -2.30. The van der Waals surface area contributed by atoms with E-state index in [4.69, 9.17) is 5.10 Å². The zero-order chi connectivity index (χ0) is 13.4. The van der Waals surface area contributed by atoms with Crippen LogP contribution in [0.5, 0.6) is 0 Å². The van der Waals surface area contributed by atoms with E-state index in [1.807, 2.05) is 0 Å². The normalized spacial score (nSPS) is 22.5. The molecule has 20 heavy (non-hydrogen) atoms. The van der Waals surface area contributed by atoms with E-state index in [-0.39, 0.29) is 0 Å². The number of fused-ring (bicyclic) bond motifs is 1. The van der Waals surface area contributed by atoms with Crippen molar-refractivity contribution >= 4 is 5.82 Å². The van der Waals surface area contributed by atoms with Crippen molar-refractivity contribution in [1.29, 1.82) is 0 Å². The van der Waals surface area contributed by atoms with Gasteiger partial charge in [0.15, 0.2) is 0 Å². The SMILES string of the molecule is c1ccc(-c2cc3n(n2)C(C2CCCC2)CCN3)cc1. The van der Waals surface area contributed by atoms with Crippen LogP contribution in [0.3, 0.4) is 0 Å². The number of aromatic nitrogens is 2.